The molecule has 0 amide bonds. The molecule has 1 aromatic rings. The molecule has 2 rings (SSSR count). The SMILES string of the molecule is CC1SCCN(S(=O)(=O)Cc2cccc(C(N)=S)c2)C1C. The second-order valence-corrected chi connectivity index (χ2v) is 9.09. The van der Waals surface area contributed by atoms with Crippen LogP contribution in [-0.4, -0.2) is 41.3 Å². The number of nitrogens with zero attached hydrogens (tertiary/aromatic N) is 1. The summed E-state index contributed by atoms with van der Waals surface area (Å²) in [6, 6.07) is 7.16. The van der Waals surface area contributed by atoms with Gasteiger partial charge in [0.15, 0.2) is 0 Å². The van der Waals surface area contributed by atoms with Crippen LogP contribution < -0.4 is 5.73 Å². The van der Waals surface area contributed by atoms with E-state index < -0.39 is 10.0 Å². The third-order valence-electron chi connectivity index (χ3n) is 3.74. The monoisotopic (exact) mass is 344 g/mol. The Balaban J connectivity index is 2.21. The van der Waals surface area contributed by atoms with E-state index in [1.807, 2.05) is 18.7 Å². The van der Waals surface area contributed by atoms with Gasteiger partial charge in [-0.1, -0.05) is 37.3 Å². The highest BCUT2D eigenvalue weighted by molar-refractivity contribution is 8.00. The largest absolute Gasteiger partial charge is 0.389 e. The first kappa shape index (κ1) is 16.7. The summed E-state index contributed by atoms with van der Waals surface area (Å²) in [7, 11) is -3.33. The Morgan fingerprint density at radius 1 is 1.48 bits per heavy atom. The summed E-state index contributed by atoms with van der Waals surface area (Å²) in [5.41, 5.74) is 7.02. The minimum Gasteiger partial charge on any atom is -0.389 e. The fourth-order valence-corrected chi connectivity index (χ4v) is 5.65. The average molecular weight is 345 g/mol. The molecule has 0 aliphatic carbocycles. The number of thiocarbonyl (C=S) groups is 1. The third kappa shape index (κ3) is 3.97. The van der Waals surface area contributed by atoms with Crippen molar-refractivity contribution in [3.05, 3.63) is 35.4 Å². The molecule has 0 radical (unpaired) electrons. The first-order valence-electron chi connectivity index (χ1n) is 6.81. The second-order valence-electron chi connectivity index (χ2n) is 5.25. The summed E-state index contributed by atoms with van der Waals surface area (Å²) < 4.78 is 26.9. The maximum absolute atomic E-state index is 12.6. The molecule has 0 aromatic heterocycles. The lowest BCUT2D eigenvalue weighted by molar-refractivity contribution is 0.340. The topological polar surface area (TPSA) is 63.4 Å². The van der Waals surface area contributed by atoms with Crippen LogP contribution in [0.25, 0.3) is 0 Å². The smallest absolute Gasteiger partial charge is 0.218 e. The molecule has 1 aromatic carbocycles. The number of thioether (sulfide) groups is 1. The molecule has 0 saturated carbocycles. The molecule has 2 atom stereocenters. The fraction of sp³-hybridized carbons (Fsp3) is 0.500. The fourth-order valence-electron chi connectivity index (χ4n) is 2.41. The van der Waals surface area contributed by atoms with Gasteiger partial charge in [-0.2, -0.15) is 16.1 Å². The van der Waals surface area contributed by atoms with Gasteiger partial charge in [-0.05, 0) is 18.6 Å². The van der Waals surface area contributed by atoms with Crippen molar-refractivity contribution < 1.29 is 8.42 Å². The van der Waals surface area contributed by atoms with E-state index in [9.17, 15) is 8.42 Å². The highest BCUT2D eigenvalue weighted by Crippen LogP contribution is 2.27. The Hall–Kier alpha value is -0.630. The first-order chi connectivity index (χ1) is 9.81. The molecule has 1 fully saturated rings. The molecule has 4 nitrogen and oxygen atoms in total. The number of benzene rings is 1. The van der Waals surface area contributed by atoms with Gasteiger partial charge in [0.05, 0.1) is 5.75 Å². The number of hydrogen-bond donors (Lipinski definition) is 1. The van der Waals surface area contributed by atoms with Gasteiger partial charge in [0, 0.05) is 29.2 Å². The number of sulfonamides is 1. The Morgan fingerprint density at radius 2 is 2.19 bits per heavy atom. The van der Waals surface area contributed by atoms with Gasteiger partial charge in [0.25, 0.3) is 0 Å². The second kappa shape index (κ2) is 6.64. The van der Waals surface area contributed by atoms with E-state index in [1.54, 1.807) is 28.6 Å². The molecule has 2 N–H and O–H groups in total. The summed E-state index contributed by atoms with van der Waals surface area (Å²) in [4.78, 5) is 0.283. The molecule has 1 saturated heterocycles. The lowest BCUT2D eigenvalue weighted by Crippen LogP contribution is -2.48. The Morgan fingerprint density at radius 3 is 2.86 bits per heavy atom. The predicted octanol–water partition coefficient (Wildman–Crippen LogP) is 1.98. The molecule has 1 heterocycles. The van der Waals surface area contributed by atoms with Crippen LogP contribution in [0.4, 0.5) is 0 Å². The lowest BCUT2D eigenvalue weighted by Gasteiger charge is -2.36. The number of hydrogen-bond acceptors (Lipinski definition) is 4. The molecule has 21 heavy (non-hydrogen) atoms. The van der Waals surface area contributed by atoms with Crippen molar-refractivity contribution in [3.63, 3.8) is 0 Å². The van der Waals surface area contributed by atoms with Crippen LogP contribution in [0, 0.1) is 0 Å². The van der Waals surface area contributed by atoms with Gasteiger partial charge in [0.2, 0.25) is 10.0 Å². The third-order valence-corrected chi connectivity index (χ3v) is 7.25. The van der Waals surface area contributed by atoms with Crippen LogP contribution in [0.2, 0.25) is 0 Å². The summed E-state index contributed by atoms with van der Waals surface area (Å²) in [5, 5.41) is 0.316. The van der Waals surface area contributed by atoms with Crippen LogP contribution in [0.3, 0.4) is 0 Å². The van der Waals surface area contributed by atoms with Gasteiger partial charge >= 0.3 is 0 Å². The molecule has 1 aliphatic rings. The zero-order valence-corrected chi connectivity index (χ0v) is 14.6. The normalized spacial score (nSPS) is 23.9. The molecule has 0 bridgehead atoms. The average Bonchev–Trinajstić information content (AvgIpc) is 2.41. The van der Waals surface area contributed by atoms with E-state index in [4.69, 9.17) is 18.0 Å². The van der Waals surface area contributed by atoms with E-state index in [0.29, 0.717) is 17.4 Å². The molecule has 0 spiro atoms. The highest BCUT2D eigenvalue weighted by Gasteiger charge is 2.33. The van der Waals surface area contributed by atoms with Crippen molar-refractivity contribution in [1.82, 2.24) is 4.31 Å². The number of rotatable bonds is 4. The van der Waals surface area contributed by atoms with E-state index in [-0.39, 0.29) is 16.8 Å². The van der Waals surface area contributed by atoms with Crippen molar-refractivity contribution in [2.24, 2.45) is 5.73 Å². The Kier molecular flexibility index (Phi) is 5.29. The minimum atomic E-state index is -3.33. The van der Waals surface area contributed by atoms with Crippen molar-refractivity contribution in [2.45, 2.75) is 30.9 Å². The molecule has 1 aliphatic heterocycles. The maximum Gasteiger partial charge on any atom is 0.218 e. The highest BCUT2D eigenvalue weighted by atomic mass is 32.2. The zero-order chi connectivity index (χ0) is 15.6. The van der Waals surface area contributed by atoms with Crippen LogP contribution in [0.15, 0.2) is 24.3 Å². The molecular weight excluding hydrogens is 324 g/mol. The van der Waals surface area contributed by atoms with Crippen molar-refractivity contribution >= 4 is 39.0 Å². The van der Waals surface area contributed by atoms with Gasteiger partial charge in [-0.15, -0.1) is 0 Å². The first-order valence-corrected chi connectivity index (χ1v) is 9.88. The van der Waals surface area contributed by atoms with Crippen LogP contribution in [0.5, 0.6) is 0 Å². The molecular formula is C14H20N2O2S3. The standard InChI is InChI=1S/C14H20N2O2S3/c1-10-11(2)20-7-6-16(10)21(17,18)9-12-4-3-5-13(8-12)14(15)19/h3-5,8,10-11H,6-7,9H2,1-2H3,(H2,15,19). The number of nitrogens with two attached hydrogens (primary N) is 1. The van der Waals surface area contributed by atoms with Crippen molar-refractivity contribution in [3.8, 4) is 0 Å². The Labute approximate surface area is 136 Å². The lowest BCUT2D eigenvalue weighted by atomic mass is 10.1. The van der Waals surface area contributed by atoms with Crippen LogP contribution in [0.1, 0.15) is 25.0 Å². The molecule has 2 unspecified atom stereocenters. The summed E-state index contributed by atoms with van der Waals surface area (Å²) in [5.74, 6) is 0.836. The van der Waals surface area contributed by atoms with Crippen LogP contribution in [-0.2, 0) is 15.8 Å². The van der Waals surface area contributed by atoms with Crippen molar-refractivity contribution in [2.75, 3.05) is 12.3 Å². The van der Waals surface area contributed by atoms with Gasteiger partial charge in [0.1, 0.15) is 4.99 Å². The Bertz CT molecular complexity index is 631. The van der Waals surface area contributed by atoms with E-state index >= 15 is 0 Å². The minimum absolute atomic E-state index is 0.00875. The molecule has 7 heteroatoms. The summed E-state index contributed by atoms with van der Waals surface area (Å²) in [6.45, 7) is 4.62. The van der Waals surface area contributed by atoms with Crippen LogP contribution >= 0.6 is 24.0 Å². The van der Waals surface area contributed by atoms with Gasteiger partial charge in [-0.25, -0.2) is 8.42 Å². The van der Waals surface area contributed by atoms with E-state index in [2.05, 4.69) is 6.92 Å². The van der Waals surface area contributed by atoms with E-state index in [0.717, 1.165) is 11.3 Å². The predicted molar refractivity (Wildman–Crippen MR) is 93.0 cm³/mol. The summed E-state index contributed by atoms with van der Waals surface area (Å²) >= 11 is 6.76. The zero-order valence-electron chi connectivity index (χ0n) is 12.2. The quantitative estimate of drug-likeness (QED) is 0.846. The molecule has 116 valence electrons. The maximum atomic E-state index is 12.6. The van der Waals surface area contributed by atoms with Gasteiger partial charge < -0.3 is 5.73 Å². The van der Waals surface area contributed by atoms with Gasteiger partial charge in [-0.3, -0.25) is 0 Å². The van der Waals surface area contributed by atoms with E-state index in [1.165, 1.54) is 0 Å². The summed E-state index contributed by atoms with van der Waals surface area (Å²) in [6.07, 6.45) is 0. The van der Waals surface area contributed by atoms with Crippen molar-refractivity contribution in [1.29, 1.82) is 0 Å².